The molecule has 0 heterocycles. The predicted octanol–water partition coefficient (Wildman–Crippen LogP) is 2.88. The first-order chi connectivity index (χ1) is 14.7. The minimum absolute atomic E-state index is 0.155. The Labute approximate surface area is 180 Å². The highest BCUT2D eigenvalue weighted by atomic mass is 32.2. The Morgan fingerprint density at radius 2 is 1.42 bits per heavy atom. The van der Waals surface area contributed by atoms with E-state index in [4.69, 9.17) is 10.5 Å². The lowest BCUT2D eigenvalue weighted by molar-refractivity contribution is 0.0949. The van der Waals surface area contributed by atoms with E-state index >= 15 is 0 Å². The van der Waals surface area contributed by atoms with Gasteiger partial charge in [-0.1, -0.05) is 18.2 Å². The summed E-state index contributed by atoms with van der Waals surface area (Å²) in [5.74, 6) is 0.214. The van der Waals surface area contributed by atoms with Crippen molar-refractivity contribution in [3.8, 4) is 11.5 Å². The number of carbonyl (C=O) groups excluding carboxylic acids is 2. The first-order valence-corrected chi connectivity index (χ1v) is 11.1. The number of carbonyl (C=O) groups is 2. The Kier molecular flexibility index (Phi) is 6.56. The topological polar surface area (TPSA) is 128 Å². The van der Waals surface area contributed by atoms with Crippen molar-refractivity contribution in [2.75, 3.05) is 11.0 Å². The van der Waals surface area contributed by atoms with Gasteiger partial charge in [-0.2, -0.15) is 0 Å². The first kappa shape index (κ1) is 21.8. The molecule has 0 unspecified atom stereocenters. The normalized spacial score (nSPS) is 10.9. The van der Waals surface area contributed by atoms with Crippen LogP contribution in [0.2, 0.25) is 0 Å². The van der Waals surface area contributed by atoms with Crippen molar-refractivity contribution >= 4 is 27.5 Å². The number of hydrogen-bond donors (Lipinski definition) is 3. The van der Waals surface area contributed by atoms with Crippen LogP contribution in [0, 0.1) is 0 Å². The van der Waals surface area contributed by atoms with Crippen LogP contribution in [0.5, 0.6) is 11.5 Å². The zero-order chi connectivity index (χ0) is 22.4. The molecule has 0 atom stereocenters. The number of nitrogens with one attached hydrogen (secondary N) is 2. The van der Waals surface area contributed by atoms with Crippen LogP contribution in [0.25, 0.3) is 0 Å². The molecule has 3 rings (SSSR count). The largest absolute Gasteiger partial charge is 0.457 e. The summed E-state index contributed by atoms with van der Waals surface area (Å²) in [6.45, 7) is 0.155. The van der Waals surface area contributed by atoms with Gasteiger partial charge in [-0.3, -0.25) is 14.3 Å². The molecule has 0 saturated heterocycles. The summed E-state index contributed by atoms with van der Waals surface area (Å²) < 4.78 is 31.1. The summed E-state index contributed by atoms with van der Waals surface area (Å²) in [6.07, 6.45) is 1.07. The van der Waals surface area contributed by atoms with Crippen LogP contribution >= 0.6 is 0 Å². The molecule has 2 amide bonds. The minimum Gasteiger partial charge on any atom is -0.457 e. The van der Waals surface area contributed by atoms with E-state index in [9.17, 15) is 18.0 Å². The Morgan fingerprint density at radius 1 is 0.871 bits per heavy atom. The maximum absolute atomic E-state index is 12.5. The second kappa shape index (κ2) is 9.31. The number of nitrogens with two attached hydrogens (primary N) is 1. The van der Waals surface area contributed by atoms with E-state index in [0.717, 1.165) is 6.26 Å². The van der Waals surface area contributed by atoms with E-state index in [1.54, 1.807) is 72.8 Å². The van der Waals surface area contributed by atoms with Crippen molar-refractivity contribution in [3.63, 3.8) is 0 Å². The van der Waals surface area contributed by atoms with Crippen molar-refractivity contribution in [2.24, 2.45) is 5.73 Å². The Morgan fingerprint density at radius 3 is 1.97 bits per heavy atom. The quantitative estimate of drug-likeness (QED) is 0.497. The Bertz CT molecular complexity index is 1190. The third-order valence-corrected chi connectivity index (χ3v) is 4.83. The second-order valence-corrected chi connectivity index (χ2v) is 8.48. The highest BCUT2D eigenvalue weighted by Crippen LogP contribution is 2.22. The molecule has 0 saturated carbocycles. The van der Waals surface area contributed by atoms with Gasteiger partial charge in [0.05, 0.1) is 11.9 Å². The number of rotatable bonds is 8. The lowest BCUT2D eigenvalue weighted by Crippen LogP contribution is -2.23. The third kappa shape index (κ3) is 6.31. The second-order valence-electron chi connectivity index (χ2n) is 6.73. The highest BCUT2D eigenvalue weighted by Gasteiger charge is 2.10. The van der Waals surface area contributed by atoms with Crippen molar-refractivity contribution in [3.05, 3.63) is 89.5 Å². The van der Waals surface area contributed by atoms with Crippen molar-refractivity contribution in [1.82, 2.24) is 5.32 Å². The van der Waals surface area contributed by atoms with Crippen molar-refractivity contribution in [1.29, 1.82) is 0 Å². The van der Waals surface area contributed by atoms with Gasteiger partial charge >= 0.3 is 0 Å². The van der Waals surface area contributed by atoms with E-state index < -0.39 is 15.9 Å². The summed E-state index contributed by atoms with van der Waals surface area (Å²) in [5, 5.41) is 2.77. The van der Waals surface area contributed by atoms with Crippen LogP contribution < -0.4 is 20.5 Å². The lowest BCUT2D eigenvalue weighted by Gasteiger charge is -2.12. The molecule has 0 aliphatic rings. The number of hydrogen-bond acceptors (Lipinski definition) is 5. The summed E-state index contributed by atoms with van der Waals surface area (Å²) in [7, 11) is -3.43. The molecule has 9 heteroatoms. The number of anilines is 1. The molecule has 0 aliphatic carbocycles. The smallest absolute Gasteiger partial charge is 0.251 e. The lowest BCUT2D eigenvalue weighted by atomic mass is 10.1. The molecule has 0 fully saturated rings. The number of amides is 2. The number of primary amides is 1. The molecule has 3 aromatic carbocycles. The van der Waals surface area contributed by atoms with Gasteiger partial charge in [-0.05, 0) is 60.2 Å². The van der Waals surface area contributed by atoms with Crippen LogP contribution in [-0.2, 0) is 16.6 Å². The zero-order valence-corrected chi connectivity index (χ0v) is 17.5. The summed E-state index contributed by atoms with van der Waals surface area (Å²) in [5.41, 5.74) is 7.07. The SMILES string of the molecule is CS(=O)(=O)Nc1ccccc1CNC(=O)c1ccc(Oc2ccc(C(N)=O)cc2)cc1. The van der Waals surface area contributed by atoms with Gasteiger partial charge in [0.1, 0.15) is 11.5 Å². The highest BCUT2D eigenvalue weighted by molar-refractivity contribution is 7.92. The standard InChI is InChI=1S/C22H21N3O5S/c1-31(28,29)25-20-5-3-2-4-17(20)14-24-22(27)16-8-12-19(13-9-16)30-18-10-6-15(7-11-18)21(23)26/h2-13,25H,14H2,1H3,(H2,23,26)(H,24,27). The molecule has 0 radical (unpaired) electrons. The fraction of sp³-hybridized carbons (Fsp3) is 0.0909. The molecule has 31 heavy (non-hydrogen) atoms. The Hall–Kier alpha value is -3.85. The third-order valence-electron chi connectivity index (χ3n) is 4.24. The number of para-hydroxylation sites is 1. The van der Waals surface area contributed by atoms with Gasteiger partial charge in [-0.25, -0.2) is 8.42 Å². The van der Waals surface area contributed by atoms with E-state index in [1.165, 1.54) is 0 Å². The molecule has 0 aliphatic heterocycles. The average molecular weight is 439 g/mol. The van der Waals surface area contributed by atoms with Crippen molar-refractivity contribution in [2.45, 2.75) is 6.54 Å². The molecule has 3 aromatic rings. The summed E-state index contributed by atoms with van der Waals surface area (Å²) in [6, 6.07) is 19.7. The fourth-order valence-electron chi connectivity index (χ4n) is 2.75. The van der Waals surface area contributed by atoms with Crippen LogP contribution in [0.1, 0.15) is 26.3 Å². The van der Waals surface area contributed by atoms with Crippen molar-refractivity contribution < 1.29 is 22.7 Å². The number of ether oxygens (including phenoxy) is 1. The minimum atomic E-state index is -3.43. The van der Waals surface area contributed by atoms with E-state index in [1.807, 2.05) is 0 Å². The summed E-state index contributed by atoms with van der Waals surface area (Å²) >= 11 is 0. The molecule has 0 bridgehead atoms. The number of benzene rings is 3. The van der Waals surface area contributed by atoms with E-state index in [0.29, 0.717) is 33.9 Å². The van der Waals surface area contributed by atoms with Gasteiger partial charge in [0.15, 0.2) is 0 Å². The molecular weight excluding hydrogens is 418 g/mol. The number of sulfonamides is 1. The molecule has 4 N–H and O–H groups in total. The Balaban J connectivity index is 1.61. The van der Waals surface area contributed by atoms with Crippen LogP contribution in [-0.4, -0.2) is 26.5 Å². The average Bonchev–Trinajstić information content (AvgIpc) is 2.73. The van der Waals surface area contributed by atoms with E-state index in [-0.39, 0.29) is 12.5 Å². The summed E-state index contributed by atoms with van der Waals surface area (Å²) in [4.78, 5) is 23.6. The molecule has 0 spiro atoms. The predicted molar refractivity (Wildman–Crippen MR) is 118 cm³/mol. The van der Waals surface area contributed by atoms with Gasteiger partial charge in [-0.15, -0.1) is 0 Å². The molecule has 8 nitrogen and oxygen atoms in total. The fourth-order valence-corrected chi connectivity index (χ4v) is 3.35. The van der Waals surface area contributed by atoms with Crippen LogP contribution in [0.15, 0.2) is 72.8 Å². The van der Waals surface area contributed by atoms with Crippen LogP contribution in [0.3, 0.4) is 0 Å². The molecular formula is C22H21N3O5S. The van der Waals surface area contributed by atoms with Crippen LogP contribution in [0.4, 0.5) is 5.69 Å². The first-order valence-electron chi connectivity index (χ1n) is 9.23. The van der Waals surface area contributed by atoms with Gasteiger partial charge in [0, 0.05) is 17.7 Å². The maximum atomic E-state index is 12.5. The maximum Gasteiger partial charge on any atom is 0.251 e. The monoisotopic (exact) mass is 439 g/mol. The van der Waals surface area contributed by atoms with E-state index in [2.05, 4.69) is 10.0 Å². The zero-order valence-electron chi connectivity index (χ0n) is 16.7. The van der Waals surface area contributed by atoms with Gasteiger partial charge in [0.2, 0.25) is 15.9 Å². The molecule has 0 aromatic heterocycles. The van der Waals surface area contributed by atoms with Gasteiger partial charge < -0.3 is 15.8 Å². The molecule has 160 valence electrons. The van der Waals surface area contributed by atoms with Gasteiger partial charge in [0.25, 0.3) is 5.91 Å².